The number of ketones is 1. The van der Waals surface area contributed by atoms with E-state index in [0.717, 1.165) is 16.5 Å². The number of carbonyl (C=O) groups is 4. The van der Waals surface area contributed by atoms with Crippen molar-refractivity contribution in [2.45, 2.75) is 32.4 Å². The molecule has 36 heavy (non-hydrogen) atoms. The highest BCUT2D eigenvalue weighted by molar-refractivity contribution is 5.97. The maximum Gasteiger partial charge on any atom is 0.411 e. The number of amides is 2. The lowest BCUT2D eigenvalue weighted by molar-refractivity contribution is -0.191. The third kappa shape index (κ3) is 3.72. The number of esters is 1. The van der Waals surface area contributed by atoms with Gasteiger partial charge in [-0.1, -0.05) is 25.1 Å². The Hall–Kier alpha value is -3.79. The van der Waals surface area contributed by atoms with Crippen molar-refractivity contribution in [3.63, 3.8) is 0 Å². The minimum atomic E-state index is -1.72. The van der Waals surface area contributed by atoms with Crippen molar-refractivity contribution < 1.29 is 28.7 Å². The summed E-state index contributed by atoms with van der Waals surface area (Å²) in [4.78, 5) is 59.3. The van der Waals surface area contributed by atoms with Crippen molar-refractivity contribution in [1.82, 2.24) is 14.8 Å². The van der Waals surface area contributed by atoms with E-state index in [2.05, 4.69) is 0 Å². The van der Waals surface area contributed by atoms with Gasteiger partial charge in [-0.05, 0) is 31.6 Å². The third-order valence-corrected chi connectivity index (χ3v) is 7.16. The van der Waals surface area contributed by atoms with Crippen LogP contribution in [0.15, 0.2) is 36.4 Å². The van der Waals surface area contributed by atoms with Crippen LogP contribution in [0.5, 0.6) is 0 Å². The van der Waals surface area contributed by atoms with E-state index >= 15 is 0 Å². The van der Waals surface area contributed by atoms with Gasteiger partial charge >= 0.3 is 12.1 Å². The average molecular weight is 493 g/mol. The first-order valence-corrected chi connectivity index (χ1v) is 12.1. The van der Waals surface area contributed by atoms with Crippen molar-refractivity contribution in [3.05, 3.63) is 47.7 Å². The van der Waals surface area contributed by atoms with Crippen LogP contribution >= 0.6 is 0 Å². The van der Waals surface area contributed by atoms with Crippen LogP contribution in [0.1, 0.15) is 31.5 Å². The number of benzene rings is 1. The Morgan fingerprint density at radius 1 is 1.31 bits per heavy atom. The Morgan fingerprint density at radius 2 is 2.08 bits per heavy atom. The molecule has 1 fully saturated rings. The first-order valence-electron chi connectivity index (χ1n) is 12.1. The van der Waals surface area contributed by atoms with Gasteiger partial charge in [-0.15, -0.1) is 0 Å². The molecule has 188 valence electrons. The molecule has 5 rings (SSSR count). The highest BCUT2D eigenvalue weighted by atomic mass is 16.6. The van der Waals surface area contributed by atoms with Crippen LogP contribution < -0.4 is 5.73 Å². The summed E-state index contributed by atoms with van der Waals surface area (Å²) in [5.74, 6) is -2.62. The van der Waals surface area contributed by atoms with Gasteiger partial charge in [0.2, 0.25) is 11.5 Å². The number of cyclic esters (lactones) is 1. The van der Waals surface area contributed by atoms with Crippen LogP contribution in [-0.4, -0.2) is 70.4 Å². The van der Waals surface area contributed by atoms with E-state index in [1.165, 1.54) is 11.8 Å². The Morgan fingerprint density at radius 3 is 2.81 bits per heavy atom. The first kappa shape index (κ1) is 23.9. The molecule has 10 heteroatoms. The zero-order chi connectivity index (χ0) is 25.6. The second-order valence-electron chi connectivity index (χ2n) is 9.42. The molecule has 4 heterocycles. The standard InChI is InChI=1S/C26H28N4O6/c1-3-26(36-25(34)29(9-8-27)12-15(2)31)19-11-21-22-17(10-16-6-4-5-7-20(16)28-22)13-30(21)23(32)18(19)14-35-24(26)33/h4-7,10-11,18-19H,3,8-9,12-14,27H2,1-2H3/t18?,19?,26-/m0/s1. The predicted octanol–water partition coefficient (Wildman–Crippen LogP) is 1.86. The van der Waals surface area contributed by atoms with Gasteiger partial charge in [-0.2, -0.15) is 0 Å². The summed E-state index contributed by atoms with van der Waals surface area (Å²) in [5, 5.41) is 0.974. The lowest BCUT2D eigenvalue weighted by Crippen LogP contribution is -2.61. The highest BCUT2D eigenvalue weighted by Gasteiger charge is 2.60. The number of hydrogen-bond acceptors (Lipinski definition) is 8. The molecule has 0 spiro atoms. The van der Waals surface area contributed by atoms with Crippen LogP contribution in [0.4, 0.5) is 4.79 Å². The predicted molar refractivity (Wildman–Crippen MR) is 129 cm³/mol. The molecule has 3 aliphatic heterocycles. The third-order valence-electron chi connectivity index (χ3n) is 7.16. The van der Waals surface area contributed by atoms with Crippen LogP contribution in [-0.2, 0) is 30.4 Å². The molecule has 3 aliphatic rings. The first-order chi connectivity index (χ1) is 17.3. The number of rotatable bonds is 6. The molecule has 1 aromatic carbocycles. The quantitative estimate of drug-likeness (QED) is 0.605. The molecule has 2 unspecified atom stereocenters. The summed E-state index contributed by atoms with van der Waals surface area (Å²) >= 11 is 0. The zero-order valence-electron chi connectivity index (χ0n) is 20.2. The second kappa shape index (κ2) is 9.02. The zero-order valence-corrected chi connectivity index (χ0v) is 20.2. The molecule has 10 nitrogen and oxygen atoms in total. The van der Waals surface area contributed by atoms with E-state index < -0.39 is 29.5 Å². The van der Waals surface area contributed by atoms with Crippen molar-refractivity contribution >= 4 is 40.4 Å². The average Bonchev–Trinajstić information content (AvgIpc) is 3.21. The molecule has 3 atom stereocenters. The molecule has 0 bridgehead atoms. The number of aromatic nitrogens is 1. The molecule has 0 saturated carbocycles. The maximum atomic E-state index is 13.6. The van der Waals surface area contributed by atoms with Gasteiger partial charge in [-0.25, -0.2) is 14.6 Å². The summed E-state index contributed by atoms with van der Waals surface area (Å²) < 4.78 is 11.3. The van der Waals surface area contributed by atoms with Crippen molar-refractivity contribution in [2.24, 2.45) is 17.6 Å². The summed E-state index contributed by atoms with van der Waals surface area (Å²) in [7, 11) is 0. The molecule has 0 radical (unpaired) electrons. The summed E-state index contributed by atoms with van der Waals surface area (Å²) in [6, 6.07) is 9.73. The van der Waals surface area contributed by atoms with E-state index in [1.807, 2.05) is 36.4 Å². The van der Waals surface area contributed by atoms with Crippen LogP contribution in [0.3, 0.4) is 0 Å². The smallest absolute Gasteiger partial charge is 0.411 e. The topological polar surface area (TPSA) is 132 Å². The number of hydrogen-bond donors (Lipinski definition) is 1. The van der Waals surface area contributed by atoms with Gasteiger partial charge in [0.15, 0.2) is 0 Å². The highest BCUT2D eigenvalue weighted by Crippen LogP contribution is 2.47. The van der Waals surface area contributed by atoms with Crippen LogP contribution in [0.2, 0.25) is 0 Å². The summed E-state index contributed by atoms with van der Waals surface area (Å²) in [6.07, 6.45) is 1.07. The lowest BCUT2D eigenvalue weighted by atomic mass is 9.72. The lowest BCUT2D eigenvalue weighted by Gasteiger charge is -2.46. The van der Waals surface area contributed by atoms with E-state index in [4.69, 9.17) is 20.2 Å². The fourth-order valence-corrected chi connectivity index (χ4v) is 5.39. The van der Waals surface area contributed by atoms with Crippen molar-refractivity contribution in [1.29, 1.82) is 0 Å². The molecular formula is C26H28N4O6. The largest absolute Gasteiger partial charge is 0.462 e. The number of Topliss-reactive ketones (excluding diaryl/α,β-unsaturated/α-hetero) is 1. The summed E-state index contributed by atoms with van der Waals surface area (Å²) in [6.45, 7) is 3.33. The monoisotopic (exact) mass is 492 g/mol. The summed E-state index contributed by atoms with van der Waals surface area (Å²) in [5.41, 5.74) is 6.88. The maximum absolute atomic E-state index is 13.6. The normalized spacial score (nSPS) is 24.4. The fraction of sp³-hybridized carbons (Fsp3) is 0.423. The number of ether oxygens (including phenoxy) is 2. The molecule has 2 aromatic rings. The Labute approximate surface area is 208 Å². The molecule has 1 saturated heterocycles. The molecular weight excluding hydrogens is 464 g/mol. The number of pyridine rings is 1. The fourth-order valence-electron chi connectivity index (χ4n) is 5.39. The molecule has 0 aliphatic carbocycles. The number of nitrogens with zero attached hydrogens (tertiary/aromatic N) is 3. The Bertz CT molecular complexity index is 1310. The Balaban J connectivity index is 1.57. The van der Waals surface area contributed by atoms with E-state index in [-0.39, 0.29) is 44.4 Å². The number of carbonyl (C=O) groups excluding carboxylic acids is 4. The van der Waals surface area contributed by atoms with E-state index in [0.29, 0.717) is 17.9 Å². The van der Waals surface area contributed by atoms with E-state index in [1.54, 1.807) is 11.8 Å². The molecule has 2 N–H and O–H groups in total. The number of fused-ring (bicyclic) bond motifs is 5. The number of nitrogens with two attached hydrogens (primary N) is 1. The van der Waals surface area contributed by atoms with Gasteiger partial charge in [0.05, 0.1) is 35.9 Å². The molecule has 2 amide bonds. The minimum absolute atomic E-state index is 0.0829. The van der Waals surface area contributed by atoms with Crippen molar-refractivity contribution in [2.75, 3.05) is 26.2 Å². The Kier molecular flexibility index (Phi) is 5.99. The second-order valence-corrected chi connectivity index (χ2v) is 9.42. The van der Waals surface area contributed by atoms with E-state index in [9.17, 15) is 19.2 Å². The van der Waals surface area contributed by atoms with Crippen LogP contribution in [0, 0.1) is 11.8 Å². The van der Waals surface area contributed by atoms with Gasteiger partial charge in [0, 0.05) is 30.0 Å². The van der Waals surface area contributed by atoms with Crippen LogP contribution in [0.25, 0.3) is 16.6 Å². The SMILES string of the molecule is CC[C@@]1(OC(=O)N(CCN)CC(C)=O)C(=O)OCC2C(=O)N3Cc4cc5ccccc5nc4C3=CC21. The van der Waals surface area contributed by atoms with Gasteiger partial charge in [0.1, 0.15) is 12.4 Å². The number of para-hydroxylation sites is 1. The molecule has 1 aromatic heterocycles. The van der Waals surface area contributed by atoms with Gasteiger partial charge < -0.3 is 20.1 Å². The van der Waals surface area contributed by atoms with Gasteiger partial charge in [-0.3, -0.25) is 14.5 Å². The minimum Gasteiger partial charge on any atom is -0.462 e. The van der Waals surface area contributed by atoms with Crippen molar-refractivity contribution in [3.8, 4) is 0 Å². The van der Waals surface area contributed by atoms with Gasteiger partial charge in [0.25, 0.3) is 0 Å².